The van der Waals surface area contributed by atoms with Crippen molar-refractivity contribution in [1.82, 2.24) is 0 Å². The van der Waals surface area contributed by atoms with Crippen molar-refractivity contribution in [3.8, 4) is 0 Å². The number of benzene rings is 1. The summed E-state index contributed by atoms with van der Waals surface area (Å²) in [5.74, 6) is -0.685. The van der Waals surface area contributed by atoms with E-state index in [1.54, 1.807) is 0 Å². The number of esters is 1. The van der Waals surface area contributed by atoms with Gasteiger partial charge in [-0.15, -0.1) is 0 Å². The van der Waals surface area contributed by atoms with Crippen LogP contribution in [0.15, 0.2) is 30.3 Å². The summed E-state index contributed by atoms with van der Waals surface area (Å²) in [6.07, 6.45) is -0.706. The third-order valence-electron chi connectivity index (χ3n) is 7.46. The standard InChI is InChI=1S/C27H47NO9SSi/c1-27(2,3)39(4,5)34-19-21-24(37-38(31,32)33)25(23(28)26(30)35-21)36-22(29)18-14-9-7-6-8-11-15-20-16-12-10-13-17-20/h10,12-13,16-17,21,23-26,30H,6-9,11,14-15,18-19,28H2,1-5H3,(H,31,32,33)/t21-,23-,24-,25-,26?/m1/s1/i26D. The van der Waals surface area contributed by atoms with Gasteiger partial charge in [-0.2, -0.15) is 8.42 Å². The molecule has 2 rings (SSSR count). The average Bonchev–Trinajstić information content (AvgIpc) is 2.83. The molecule has 10 nitrogen and oxygen atoms in total. The summed E-state index contributed by atoms with van der Waals surface area (Å²) in [5.41, 5.74) is 7.28. The number of carbonyl (C=O) groups is 1. The molecule has 5 atom stereocenters. The number of carbonyl (C=O) groups excluding carboxylic acids is 1. The highest BCUT2D eigenvalue weighted by Crippen LogP contribution is 2.37. The van der Waals surface area contributed by atoms with Crippen LogP contribution in [0.25, 0.3) is 0 Å². The Morgan fingerprint density at radius 3 is 2.26 bits per heavy atom. The minimum absolute atomic E-state index is 0.0360. The van der Waals surface area contributed by atoms with Gasteiger partial charge in [0, 0.05) is 6.42 Å². The first-order valence-corrected chi connectivity index (χ1v) is 17.9. The lowest BCUT2D eigenvalue weighted by Gasteiger charge is -2.44. The molecule has 0 amide bonds. The van der Waals surface area contributed by atoms with E-state index in [0.717, 1.165) is 38.5 Å². The maximum absolute atomic E-state index is 12.7. The molecule has 0 saturated carbocycles. The van der Waals surface area contributed by atoms with Crippen molar-refractivity contribution in [2.75, 3.05) is 6.61 Å². The fourth-order valence-corrected chi connectivity index (χ4v) is 5.58. The van der Waals surface area contributed by atoms with E-state index in [4.69, 9.17) is 25.2 Å². The minimum atomic E-state index is -5.03. The van der Waals surface area contributed by atoms with Gasteiger partial charge < -0.3 is 24.7 Å². The Balaban J connectivity index is 1.93. The van der Waals surface area contributed by atoms with Crippen LogP contribution in [0.1, 0.15) is 72.7 Å². The predicted octanol–water partition coefficient (Wildman–Crippen LogP) is 4.13. The highest BCUT2D eigenvalue weighted by molar-refractivity contribution is 7.80. The van der Waals surface area contributed by atoms with Crippen LogP contribution in [0.5, 0.6) is 0 Å². The first-order valence-electron chi connectivity index (χ1n) is 14.1. The molecule has 0 spiro atoms. The highest BCUT2D eigenvalue weighted by atomic mass is 32.3. The van der Waals surface area contributed by atoms with Crippen molar-refractivity contribution in [1.29, 1.82) is 0 Å². The molecule has 224 valence electrons. The zero-order valence-electron chi connectivity index (χ0n) is 24.8. The van der Waals surface area contributed by atoms with Crippen LogP contribution in [0.4, 0.5) is 0 Å². The van der Waals surface area contributed by atoms with Crippen LogP contribution in [0.3, 0.4) is 0 Å². The highest BCUT2D eigenvalue weighted by Gasteiger charge is 2.50. The van der Waals surface area contributed by atoms with Gasteiger partial charge in [0.1, 0.15) is 12.2 Å². The molecule has 4 N–H and O–H groups in total. The second kappa shape index (κ2) is 15.0. The molecule has 1 aromatic carbocycles. The first-order chi connectivity index (χ1) is 18.4. The minimum Gasteiger partial charge on any atom is -0.458 e. The molecule has 1 heterocycles. The normalized spacial score (nSPS) is 26.7. The van der Waals surface area contributed by atoms with Gasteiger partial charge in [0.05, 0.1) is 14.0 Å². The molecule has 1 fully saturated rings. The average molecular weight is 591 g/mol. The first kappa shape index (κ1) is 32.1. The fraction of sp³-hybridized carbons (Fsp3) is 0.741. The van der Waals surface area contributed by atoms with Crippen LogP contribution < -0.4 is 5.73 Å². The van der Waals surface area contributed by atoms with Crippen molar-refractivity contribution in [2.24, 2.45) is 5.73 Å². The quantitative estimate of drug-likeness (QED) is 0.118. The van der Waals surface area contributed by atoms with E-state index in [1.165, 1.54) is 5.56 Å². The number of hydrogen-bond donors (Lipinski definition) is 3. The van der Waals surface area contributed by atoms with Gasteiger partial charge in [0.25, 0.3) is 0 Å². The Morgan fingerprint density at radius 2 is 1.67 bits per heavy atom. The topological polar surface area (TPSA) is 155 Å². The van der Waals surface area contributed by atoms with E-state index < -0.39 is 55.3 Å². The Labute approximate surface area is 236 Å². The van der Waals surface area contributed by atoms with E-state index in [2.05, 4.69) is 12.1 Å². The van der Waals surface area contributed by atoms with Crippen LogP contribution >= 0.6 is 0 Å². The number of aryl methyl sites for hydroxylation is 1. The van der Waals surface area contributed by atoms with E-state index in [0.29, 0.717) is 6.42 Å². The van der Waals surface area contributed by atoms with Gasteiger partial charge >= 0.3 is 16.4 Å². The second-order valence-corrected chi connectivity index (χ2v) is 17.5. The molecule has 12 heteroatoms. The van der Waals surface area contributed by atoms with Crippen molar-refractivity contribution in [3.63, 3.8) is 0 Å². The SMILES string of the molecule is [2H]C1(O)O[C@H](CO[Si](C)(C)C(C)(C)C)[C@@H](OS(=O)(=O)O)[C@H](OC(=O)CCCCCCCCc2ccccc2)[C@H]1N. The lowest BCUT2D eigenvalue weighted by atomic mass is 9.97. The van der Waals surface area contributed by atoms with Crippen molar-refractivity contribution >= 4 is 24.7 Å². The summed E-state index contributed by atoms with van der Waals surface area (Å²) in [5, 5.41) is 10.3. The Bertz CT molecular complexity index is 1030. The van der Waals surface area contributed by atoms with Crippen molar-refractivity contribution in [3.05, 3.63) is 35.9 Å². The van der Waals surface area contributed by atoms with Gasteiger partial charge in [0.2, 0.25) is 0 Å². The third kappa shape index (κ3) is 11.6. The van der Waals surface area contributed by atoms with Crippen LogP contribution in [-0.4, -0.2) is 69.6 Å². The molecule has 0 bridgehead atoms. The smallest absolute Gasteiger partial charge is 0.397 e. The molecule has 39 heavy (non-hydrogen) atoms. The molecule has 0 radical (unpaired) electrons. The molecule has 1 saturated heterocycles. The van der Waals surface area contributed by atoms with Gasteiger partial charge in [-0.1, -0.05) is 76.8 Å². The molecular formula is C27H47NO9SSi. The van der Waals surface area contributed by atoms with Gasteiger partial charge in [-0.3, -0.25) is 9.35 Å². The van der Waals surface area contributed by atoms with Gasteiger partial charge in [-0.05, 0) is 43.0 Å². The van der Waals surface area contributed by atoms with Crippen LogP contribution in [-0.2, 0) is 39.7 Å². The summed E-state index contributed by atoms with van der Waals surface area (Å²) < 4.78 is 62.6. The summed E-state index contributed by atoms with van der Waals surface area (Å²) in [6, 6.07) is 8.64. The predicted molar refractivity (Wildman–Crippen MR) is 151 cm³/mol. The summed E-state index contributed by atoms with van der Waals surface area (Å²) in [4.78, 5) is 12.7. The van der Waals surface area contributed by atoms with E-state index in [9.17, 15) is 22.9 Å². The number of hydrogen-bond acceptors (Lipinski definition) is 9. The molecule has 0 aliphatic carbocycles. The monoisotopic (exact) mass is 590 g/mol. The molecule has 1 unspecified atom stereocenters. The lowest BCUT2D eigenvalue weighted by Crippen LogP contribution is -2.64. The van der Waals surface area contributed by atoms with Crippen molar-refractivity contribution in [2.45, 2.75) is 121 Å². The molecule has 1 aromatic rings. The fourth-order valence-electron chi connectivity index (χ4n) is 4.05. The lowest BCUT2D eigenvalue weighted by molar-refractivity contribution is -0.248. The number of aliphatic hydroxyl groups is 1. The second-order valence-electron chi connectivity index (χ2n) is 11.6. The summed E-state index contributed by atoms with van der Waals surface area (Å²) in [6.45, 7) is 9.63. The van der Waals surface area contributed by atoms with E-state index >= 15 is 0 Å². The third-order valence-corrected chi connectivity index (χ3v) is 12.4. The van der Waals surface area contributed by atoms with Gasteiger partial charge in [-0.25, -0.2) is 4.18 Å². The zero-order chi connectivity index (χ0) is 30.2. The van der Waals surface area contributed by atoms with E-state index in [-0.39, 0.29) is 18.1 Å². The summed E-state index contributed by atoms with van der Waals surface area (Å²) in [7, 11) is -7.41. The number of unbranched alkanes of at least 4 members (excludes halogenated alkanes) is 5. The number of rotatable bonds is 15. The van der Waals surface area contributed by atoms with Crippen molar-refractivity contribution < 1.29 is 42.3 Å². The maximum atomic E-state index is 12.7. The molecule has 0 aromatic heterocycles. The molecular weight excluding hydrogens is 542 g/mol. The van der Waals surface area contributed by atoms with Crippen LogP contribution in [0, 0.1) is 0 Å². The largest absolute Gasteiger partial charge is 0.458 e. The molecule has 1 aliphatic rings. The Morgan fingerprint density at radius 1 is 1.08 bits per heavy atom. The molecule has 1 aliphatic heterocycles. The Kier molecular flexibility index (Phi) is 12.4. The number of ether oxygens (including phenoxy) is 2. The zero-order valence-corrected chi connectivity index (χ0v) is 25.6. The van der Waals surface area contributed by atoms with Gasteiger partial charge in [0.15, 0.2) is 20.7 Å². The summed E-state index contributed by atoms with van der Waals surface area (Å²) >= 11 is 0. The number of nitrogens with two attached hydrogens (primary N) is 1. The Hall–Kier alpha value is -1.38. The van der Waals surface area contributed by atoms with Crippen LogP contribution in [0.2, 0.25) is 18.1 Å². The van der Waals surface area contributed by atoms with E-state index in [1.807, 2.05) is 52.1 Å². The maximum Gasteiger partial charge on any atom is 0.397 e.